The number of hydrogen-bond donors (Lipinski definition) is 1. The third-order valence-electron chi connectivity index (χ3n) is 2.61. The molecule has 0 fully saturated rings. The highest BCUT2D eigenvalue weighted by Gasteiger charge is 2.06. The molecule has 0 bridgehead atoms. The van der Waals surface area contributed by atoms with Gasteiger partial charge in [0, 0.05) is 39.2 Å². The molecular weight excluding hydrogens is 320 g/mol. The quantitative estimate of drug-likeness (QED) is 0.870. The molecule has 0 spiro atoms. The molecular formula is C15H17BrN2S. The summed E-state index contributed by atoms with van der Waals surface area (Å²) < 4.78 is 1.11. The van der Waals surface area contributed by atoms with Crippen LogP contribution in [0.25, 0.3) is 0 Å². The Hall–Kier alpha value is -0.840. The van der Waals surface area contributed by atoms with Gasteiger partial charge in [-0.2, -0.15) is 0 Å². The Labute approximate surface area is 127 Å². The first-order valence-electron chi connectivity index (χ1n) is 6.25. The maximum Gasteiger partial charge on any atom is 0.0279 e. The number of rotatable bonds is 5. The fourth-order valence-corrected chi connectivity index (χ4v) is 3.10. The van der Waals surface area contributed by atoms with Crippen molar-refractivity contribution in [2.75, 3.05) is 0 Å². The molecule has 100 valence electrons. The van der Waals surface area contributed by atoms with Gasteiger partial charge in [0.2, 0.25) is 0 Å². The van der Waals surface area contributed by atoms with Gasteiger partial charge in [0.05, 0.1) is 0 Å². The first-order valence-corrected chi connectivity index (χ1v) is 7.86. The summed E-state index contributed by atoms with van der Waals surface area (Å²) in [5, 5.41) is 3.47. The van der Waals surface area contributed by atoms with Crippen LogP contribution in [-0.2, 0) is 6.54 Å². The summed E-state index contributed by atoms with van der Waals surface area (Å²) in [4.78, 5) is 6.53. The van der Waals surface area contributed by atoms with Crippen molar-refractivity contribution in [1.82, 2.24) is 10.3 Å². The van der Waals surface area contributed by atoms with Gasteiger partial charge in [0.1, 0.15) is 0 Å². The monoisotopic (exact) mass is 336 g/mol. The fraction of sp³-hybridized carbons (Fsp3) is 0.267. The molecule has 0 saturated heterocycles. The van der Waals surface area contributed by atoms with Crippen LogP contribution in [0.5, 0.6) is 0 Å². The second-order valence-corrected chi connectivity index (χ2v) is 6.60. The number of aromatic nitrogens is 1. The maximum absolute atomic E-state index is 4.05. The molecule has 0 aliphatic carbocycles. The van der Waals surface area contributed by atoms with E-state index in [1.54, 1.807) is 11.8 Å². The predicted octanol–water partition coefficient (Wildman–Crippen LogP) is 4.49. The molecule has 0 radical (unpaired) electrons. The summed E-state index contributed by atoms with van der Waals surface area (Å²) in [6.45, 7) is 5.21. The summed E-state index contributed by atoms with van der Waals surface area (Å²) in [7, 11) is 0. The zero-order valence-electron chi connectivity index (χ0n) is 11.1. The lowest BCUT2D eigenvalue weighted by Gasteiger charge is -2.13. The van der Waals surface area contributed by atoms with Gasteiger partial charge in [0.15, 0.2) is 0 Å². The third kappa shape index (κ3) is 4.64. The number of pyridine rings is 1. The van der Waals surface area contributed by atoms with Crippen molar-refractivity contribution >= 4 is 27.7 Å². The molecule has 1 aromatic carbocycles. The number of nitrogens with zero attached hydrogens (tertiary/aromatic N) is 1. The first kappa shape index (κ1) is 14.6. The molecule has 0 amide bonds. The summed E-state index contributed by atoms with van der Waals surface area (Å²) in [6, 6.07) is 11.0. The lowest BCUT2D eigenvalue weighted by Crippen LogP contribution is -2.22. The molecule has 1 N–H and O–H groups in total. The van der Waals surface area contributed by atoms with E-state index in [1.807, 2.05) is 24.5 Å². The van der Waals surface area contributed by atoms with E-state index in [0.29, 0.717) is 6.04 Å². The SMILES string of the molecule is CC(C)NCc1ccc(Br)cc1Sc1ccncc1. The number of hydrogen-bond acceptors (Lipinski definition) is 3. The molecule has 1 heterocycles. The standard InChI is InChI=1S/C15H17BrN2S/c1-11(2)18-10-12-3-4-13(16)9-15(12)19-14-5-7-17-8-6-14/h3-9,11,18H,10H2,1-2H3. The average Bonchev–Trinajstić information content (AvgIpc) is 2.39. The minimum absolute atomic E-state index is 0.488. The lowest BCUT2D eigenvalue weighted by atomic mass is 10.2. The van der Waals surface area contributed by atoms with Crippen LogP contribution < -0.4 is 5.32 Å². The van der Waals surface area contributed by atoms with Crippen LogP contribution >= 0.6 is 27.7 Å². The zero-order valence-corrected chi connectivity index (χ0v) is 13.5. The Morgan fingerprint density at radius 2 is 1.95 bits per heavy atom. The molecule has 19 heavy (non-hydrogen) atoms. The van der Waals surface area contributed by atoms with Crippen molar-refractivity contribution in [3.05, 3.63) is 52.8 Å². The van der Waals surface area contributed by atoms with Crippen molar-refractivity contribution in [3.63, 3.8) is 0 Å². The Balaban J connectivity index is 2.19. The average molecular weight is 337 g/mol. The van der Waals surface area contributed by atoms with Gasteiger partial charge in [0.25, 0.3) is 0 Å². The number of nitrogens with one attached hydrogen (secondary N) is 1. The van der Waals surface area contributed by atoms with Gasteiger partial charge in [-0.1, -0.05) is 47.6 Å². The van der Waals surface area contributed by atoms with Gasteiger partial charge in [-0.3, -0.25) is 4.98 Å². The minimum Gasteiger partial charge on any atom is -0.310 e. The van der Waals surface area contributed by atoms with Crippen LogP contribution in [0.2, 0.25) is 0 Å². The molecule has 2 aromatic rings. The Bertz CT molecular complexity index is 529. The Morgan fingerprint density at radius 1 is 1.21 bits per heavy atom. The highest BCUT2D eigenvalue weighted by Crippen LogP contribution is 2.32. The Kier molecular flexibility index (Phi) is 5.43. The predicted molar refractivity (Wildman–Crippen MR) is 84.5 cm³/mol. The van der Waals surface area contributed by atoms with Crippen molar-refractivity contribution in [2.24, 2.45) is 0 Å². The van der Waals surface area contributed by atoms with Crippen molar-refractivity contribution in [3.8, 4) is 0 Å². The molecule has 1 aromatic heterocycles. The maximum atomic E-state index is 4.05. The van der Waals surface area contributed by atoms with Crippen LogP contribution in [0, 0.1) is 0 Å². The second-order valence-electron chi connectivity index (χ2n) is 4.57. The van der Waals surface area contributed by atoms with E-state index in [2.05, 4.69) is 58.3 Å². The van der Waals surface area contributed by atoms with Gasteiger partial charge < -0.3 is 5.32 Å². The van der Waals surface area contributed by atoms with Crippen molar-refractivity contribution in [2.45, 2.75) is 36.2 Å². The fourth-order valence-electron chi connectivity index (χ4n) is 1.62. The summed E-state index contributed by atoms with van der Waals surface area (Å²) >= 11 is 5.31. The molecule has 0 unspecified atom stereocenters. The molecule has 0 saturated carbocycles. The molecule has 2 nitrogen and oxygen atoms in total. The summed E-state index contributed by atoms with van der Waals surface area (Å²) in [5.41, 5.74) is 1.32. The van der Waals surface area contributed by atoms with Crippen molar-refractivity contribution in [1.29, 1.82) is 0 Å². The van der Waals surface area contributed by atoms with E-state index in [9.17, 15) is 0 Å². The van der Waals surface area contributed by atoms with Gasteiger partial charge in [-0.05, 0) is 29.8 Å². The topological polar surface area (TPSA) is 24.9 Å². The van der Waals surface area contributed by atoms with Gasteiger partial charge >= 0.3 is 0 Å². The normalized spacial score (nSPS) is 10.9. The van der Waals surface area contributed by atoms with E-state index >= 15 is 0 Å². The van der Waals surface area contributed by atoms with Crippen LogP contribution in [0.4, 0.5) is 0 Å². The van der Waals surface area contributed by atoms with E-state index in [4.69, 9.17) is 0 Å². The molecule has 0 aliphatic rings. The minimum atomic E-state index is 0.488. The van der Waals surface area contributed by atoms with E-state index in [1.165, 1.54) is 15.4 Å². The highest BCUT2D eigenvalue weighted by atomic mass is 79.9. The van der Waals surface area contributed by atoms with Crippen molar-refractivity contribution < 1.29 is 0 Å². The molecule has 2 rings (SSSR count). The van der Waals surface area contributed by atoms with Gasteiger partial charge in [-0.15, -0.1) is 0 Å². The van der Waals surface area contributed by atoms with Crippen LogP contribution in [-0.4, -0.2) is 11.0 Å². The van der Waals surface area contributed by atoms with E-state index in [0.717, 1.165) is 11.0 Å². The van der Waals surface area contributed by atoms with Gasteiger partial charge in [-0.25, -0.2) is 0 Å². The van der Waals surface area contributed by atoms with E-state index in [-0.39, 0.29) is 0 Å². The number of halogens is 1. The van der Waals surface area contributed by atoms with Crippen LogP contribution in [0.15, 0.2) is 57.0 Å². The summed E-state index contributed by atoms with van der Waals surface area (Å²) in [5.74, 6) is 0. The third-order valence-corrected chi connectivity index (χ3v) is 4.21. The van der Waals surface area contributed by atoms with Crippen LogP contribution in [0.1, 0.15) is 19.4 Å². The smallest absolute Gasteiger partial charge is 0.0279 e. The lowest BCUT2D eigenvalue weighted by molar-refractivity contribution is 0.584. The van der Waals surface area contributed by atoms with E-state index < -0.39 is 0 Å². The second kappa shape index (κ2) is 7.08. The number of benzene rings is 1. The first-order chi connectivity index (χ1) is 9.15. The zero-order chi connectivity index (χ0) is 13.7. The Morgan fingerprint density at radius 3 is 2.63 bits per heavy atom. The highest BCUT2D eigenvalue weighted by molar-refractivity contribution is 9.10. The molecule has 0 aliphatic heterocycles. The van der Waals surface area contributed by atoms with Crippen LogP contribution in [0.3, 0.4) is 0 Å². The largest absolute Gasteiger partial charge is 0.310 e. The molecule has 4 heteroatoms. The molecule has 0 atom stereocenters. The summed E-state index contributed by atoms with van der Waals surface area (Å²) in [6.07, 6.45) is 3.65.